The first kappa shape index (κ1) is 11.1. The van der Waals surface area contributed by atoms with E-state index in [1.54, 1.807) is 12.1 Å². The van der Waals surface area contributed by atoms with Crippen molar-refractivity contribution in [3.05, 3.63) is 35.6 Å². The summed E-state index contributed by atoms with van der Waals surface area (Å²) in [7, 11) is 0. The molecule has 0 bridgehead atoms. The van der Waals surface area contributed by atoms with Gasteiger partial charge in [0.25, 0.3) is 0 Å². The fourth-order valence-electron chi connectivity index (χ4n) is 1.99. The number of hydrogen-bond acceptors (Lipinski definition) is 1. The highest BCUT2D eigenvalue weighted by Gasteiger charge is 2.46. The predicted molar refractivity (Wildman–Crippen MR) is 60.4 cm³/mol. The molecule has 86 valence electrons. The average Bonchev–Trinajstić information content (AvgIpc) is 2.99. The summed E-state index contributed by atoms with van der Waals surface area (Å²) in [6.07, 6.45) is 3.00. The number of benzene rings is 1. The Bertz CT molecular complexity index is 399. The van der Waals surface area contributed by atoms with Crippen LogP contribution in [-0.4, -0.2) is 5.91 Å². The topological polar surface area (TPSA) is 29.1 Å². The maximum absolute atomic E-state index is 13.6. The summed E-state index contributed by atoms with van der Waals surface area (Å²) in [5.41, 5.74) is 0.205. The van der Waals surface area contributed by atoms with Gasteiger partial charge in [-0.1, -0.05) is 25.1 Å². The van der Waals surface area contributed by atoms with Gasteiger partial charge in [0.1, 0.15) is 5.82 Å². The first-order valence-electron chi connectivity index (χ1n) is 5.74. The van der Waals surface area contributed by atoms with Gasteiger partial charge in [-0.05, 0) is 25.3 Å². The van der Waals surface area contributed by atoms with Crippen molar-refractivity contribution in [1.82, 2.24) is 5.32 Å². The third-order valence-corrected chi connectivity index (χ3v) is 3.00. The Hall–Kier alpha value is -1.38. The van der Waals surface area contributed by atoms with E-state index in [0.29, 0.717) is 12.0 Å². The van der Waals surface area contributed by atoms with Crippen LogP contribution in [-0.2, 0) is 10.3 Å². The average molecular weight is 221 g/mol. The molecule has 1 saturated carbocycles. The molecule has 0 atom stereocenters. The first-order chi connectivity index (χ1) is 7.68. The number of carbonyl (C=O) groups excluding carboxylic acids is 1. The van der Waals surface area contributed by atoms with E-state index in [1.165, 1.54) is 6.07 Å². The second-order valence-electron chi connectivity index (χ2n) is 4.36. The summed E-state index contributed by atoms with van der Waals surface area (Å²) in [5.74, 6) is -0.208. The number of hydrogen-bond donors (Lipinski definition) is 1. The third-order valence-electron chi connectivity index (χ3n) is 3.00. The molecule has 1 aliphatic carbocycles. The van der Waals surface area contributed by atoms with Crippen molar-refractivity contribution >= 4 is 5.91 Å². The minimum atomic E-state index is -0.419. The van der Waals surface area contributed by atoms with Crippen LogP contribution in [0.4, 0.5) is 4.39 Å². The fourth-order valence-corrected chi connectivity index (χ4v) is 1.99. The van der Waals surface area contributed by atoms with Gasteiger partial charge in [0.2, 0.25) is 5.91 Å². The highest BCUT2D eigenvalue weighted by atomic mass is 19.1. The van der Waals surface area contributed by atoms with Crippen molar-refractivity contribution in [2.75, 3.05) is 0 Å². The van der Waals surface area contributed by atoms with Gasteiger partial charge in [0.15, 0.2) is 0 Å². The van der Waals surface area contributed by atoms with E-state index in [1.807, 2.05) is 13.0 Å². The molecule has 1 aliphatic rings. The van der Waals surface area contributed by atoms with E-state index in [-0.39, 0.29) is 11.7 Å². The zero-order chi connectivity index (χ0) is 11.6. The Morgan fingerprint density at radius 2 is 2.12 bits per heavy atom. The molecule has 1 aromatic carbocycles. The number of amides is 1. The van der Waals surface area contributed by atoms with Crippen LogP contribution >= 0.6 is 0 Å². The Labute approximate surface area is 94.9 Å². The van der Waals surface area contributed by atoms with Gasteiger partial charge < -0.3 is 5.32 Å². The monoisotopic (exact) mass is 221 g/mol. The number of rotatable bonds is 4. The summed E-state index contributed by atoms with van der Waals surface area (Å²) < 4.78 is 13.6. The molecule has 0 radical (unpaired) electrons. The minimum absolute atomic E-state index is 0.0169. The smallest absolute Gasteiger partial charge is 0.220 e. The molecule has 1 amide bonds. The molecule has 0 spiro atoms. The number of halogens is 1. The molecular formula is C13H16FNO. The van der Waals surface area contributed by atoms with E-state index in [2.05, 4.69) is 5.32 Å². The van der Waals surface area contributed by atoms with Gasteiger partial charge in [-0.15, -0.1) is 0 Å². The molecule has 0 aliphatic heterocycles. The van der Waals surface area contributed by atoms with Gasteiger partial charge in [-0.25, -0.2) is 4.39 Å². The lowest BCUT2D eigenvalue weighted by atomic mass is 10.0. The Balaban J connectivity index is 2.14. The number of nitrogens with one attached hydrogen (secondary N) is 1. The summed E-state index contributed by atoms with van der Waals surface area (Å²) in [6, 6.07) is 6.68. The van der Waals surface area contributed by atoms with Crippen LogP contribution in [0, 0.1) is 5.82 Å². The standard InChI is InChI=1S/C13H16FNO/c1-2-5-12(16)15-13(8-9-13)10-6-3-4-7-11(10)14/h3-4,6-7H,2,5,8-9H2,1H3,(H,15,16). The van der Waals surface area contributed by atoms with Gasteiger partial charge in [-0.2, -0.15) is 0 Å². The van der Waals surface area contributed by atoms with E-state index < -0.39 is 5.54 Å². The highest BCUT2D eigenvalue weighted by Crippen LogP contribution is 2.46. The van der Waals surface area contributed by atoms with E-state index in [4.69, 9.17) is 0 Å². The van der Waals surface area contributed by atoms with Crippen molar-refractivity contribution < 1.29 is 9.18 Å². The van der Waals surface area contributed by atoms with Crippen molar-refractivity contribution in [2.24, 2.45) is 0 Å². The van der Waals surface area contributed by atoms with Crippen LogP contribution in [0.3, 0.4) is 0 Å². The predicted octanol–water partition coefficient (Wildman–Crippen LogP) is 2.73. The normalized spacial score (nSPS) is 16.9. The Kier molecular flexibility index (Phi) is 2.95. The van der Waals surface area contributed by atoms with Gasteiger partial charge in [-0.3, -0.25) is 4.79 Å². The molecule has 2 nitrogen and oxygen atoms in total. The summed E-state index contributed by atoms with van der Waals surface area (Å²) in [4.78, 5) is 11.5. The molecule has 0 heterocycles. The molecule has 1 aromatic rings. The zero-order valence-corrected chi connectivity index (χ0v) is 9.42. The molecule has 0 unspecified atom stereocenters. The molecule has 1 fully saturated rings. The molecule has 1 N–H and O–H groups in total. The molecule has 3 heteroatoms. The van der Waals surface area contributed by atoms with Crippen LogP contribution in [0.1, 0.15) is 38.2 Å². The molecule has 0 saturated heterocycles. The summed E-state index contributed by atoms with van der Waals surface area (Å²) in [6.45, 7) is 1.96. The van der Waals surface area contributed by atoms with Crippen LogP contribution in [0.15, 0.2) is 24.3 Å². The quantitative estimate of drug-likeness (QED) is 0.832. The molecular weight excluding hydrogens is 205 g/mol. The zero-order valence-electron chi connectivity index (χ0n) is 9.42. The minimum Gasteiger partial charge on any atom is -0.346 e. The van der Waals surface area contributed by atoms with Gasteiger partial charge in [0, 0.05) is 12.0 Å². The maximum atomic E-state index is 13.6. The SMILES string of the molecule is CCCC(=O)NC1(c2ccccc2F)CC1. The third kappa shape index (κ3) is 2.08. The first-order valence-corrected chi connectivity index (χ1v) is 5.74. The van der Waals surface area contributed by atoms with Crippen molar-refractivity contribution in [3.63, 3.8) is 0 Å². The molecule has 2 rings (SSSR count). The summed E-state index contributed by atoms with van der Waals surface area (Å²) in [5, 5.41) is 2.95. The maximum Gasteiger partial charge on any atom is 0.220 e. The second kappa shape index (κ2) is 4.24. The van der Waals surface area contributed by atoms with E-state index in [0.717, 1.165) is 19.3 Å². The molecule has 0 aromatic heterocycles. The molecule has 16 heavy (non-hydrogen) atoms. The van der Waals surface area contributed by atoms with E-state index in [9.17, 15) is 9.18 Å². The van der Waals surface area contributed by atoms with Crippen molar-refractivity contribution in [2.45, 2.75) is 38.1 Å². The lowest BCUT2D eigenvalue weighted by Gasteiger charge is -2.18. The fraction of sp³-hybridized carbons (Fsp3) is 0.462. The number of carbonyl (C=O) groups is 1. The van der Waals surface area contributed by atoms with E-state index >= 15 is 0 Å². The van der Waals surface area contributed by atoms with Crippen LogP contribution in [0.25, 0.3) is 0 Å². The highest BCUT2D eigenvalue weighted by molar-refractivity contribution is 5.77. The van der Waals surface area contributed by atoms with Crippen LogP contribution < -0.4 is 5.32 Å². The summed E-state index contributed by atoms with van der Waals surface area (Å²) >= 11 is 0. The van der Waals surface area contributed by atoms with Crippen molar-refractivity contribution in [1.29, 1.82) is 0 Å². The van der Waals surface area contributed by atoms with Gasteiger partial charge >= 0.3 is 0 Å². The van der Waals surface area contributed by atoms with Crippen molar-refractivity contribution in [3.8, 4) is 0 Å². The Morgan fingerprint density at radius 1 is 1.44 bits per heavy atom. The lowest BCUT2D eigenvalue weighted by Crippen LogP contribution is -2.35. The second-order valence-corrected chi connectivity index (χ2v) is 4.36. The lowest BCUT2D eigenvalue weighted by molar-refractivity contribution is -0.122. The van der Waals surface area contributed by atoms with Gasteiger partial charge in [0.05, 0.1) is 5.54 Å². The van der Waals surface area contributed by atoms with Crippen LogP contribution in [0.5, 0.6) is 0 Å². The van der Waals surface area contributed by atoms with Crippen LogP contribution in [0.2, 0.25) is 0 Å². The Morgan fingerprint density at radius 3 is 2.69 bits per heavy atom. The largest absolute Gasteiger partial charge is 0.346 e.